The summed E-state index contributed by atoms with van der Waals surface area (Å²) in [4.78, 5) is 57.9. The van der Waals surface area contributed by atoms with Crippen LogP contribution in [0.1, 0.15) is 38.3 Å². The first-order valence-corrected chi connectivity index (χ1v) is 13.5. The Hall–Kier alpha value is -3.40. The molecule has 2 aromatic rings. The fourth-order valence-corrected chi connectivity index (χ4v) is 4.38. The Morgan fingerprint density at radius 3 is 1.73 bits per heavy atom. The number of hydrogen-bond acceptors (Lipinski definition) is 6. The highest BCUT2D eigenvalue weighted by Crippen LogP contribution is 2.41. The first kappa shape index (κ1) is 29.8. The highest BCUT2D eigenvalue weighted by atomic mass is 31.2. The third-order valence-corrected chi connectivity index (χ3v) is 7.07. The minimum atomic E-state index is -4.83. The van der Waals surface area contributed by atoms with Gasteiger partial charge in [-0.15, -0.1) is 0 Å². The second kappa shape index (κ2) is 13.2. The van der Waals surface area contributed by atoms with Crippen molar-refractivity contribution in [3.8, 4) is 11.5 Å². The van der Waals surface area contributed by atoms with Crippen LogP contribution >= 0.6 is 7.60 Å². The average Bonchev–Trinajstić information content (AvgIpc) is 2.83. The maximum Gasteiger partial charge on any atom is 0.347 e. The fraction of sp³-hybridized carbons (Fsp3) is 0.400. The second-order valence-corrected chi connectivity index (χ2v) is 10.8. The van der Waals surface area contributed by atoms with Gasteiger partial charge in [-0.05, 0) is 41.3 Å². The van der Waals surface area contributed by atoms with E-state index in [1.54, 1.807) is 19.1 Å². The van der Waals surface area contributed by atoms with Crippen LogP contribution in [0, 0.1) is 5.92 Å². The van der Waals surface area contributed by atoms with E-state index in [0.29, 0.717) is 17.5 Å². The summed E-state index contributed by atoms with van der Waals surface area (Å²) in [6.45, 7) is 4.90. The van der Waals surface area contributed by atoms with Gasteiger partial charge in [0, 0.05) is 19.8 Å². The molecule has 0 heterocycles. The fourth-order valence-electron chi connectivity index (χ4n) is 3.63. The number of nitrogens with one attached hydrogen (secondary N) is 3. The summed E-state index contributed by atoms with van der Waals surface area (Å²) in [5.74, 6) is -3.73. The molecule has 0 bridgehead atoms. The normalized spacial score (nSPS) is 14.6. The van der Waals surface area contributed by atoms with Crippen LogP contribution in [0.3, 0.4) is 0 Å². The number of aromatic hydroxyl groups is 2. The molecule has 0 saturated heterocycles. The van der Waals surface area contributed by atoms with Gasteiger partial charge in [-0.25, -0.2) is 0 Å². The Labute approximate surface area is 215 Å². The van der Waals surface area contributed by atoms with Crippen LogP contribution in [0.2, 0.25) is 0 Å². The molecule has 0 aromatic heterocycles. The van der Waals surface area contributed by atoms with Crippen molar-refractivity contribution in [3.05, 3.63) is 59.7 Å². The molecule has 4 atom stereocenters. The van der Waals surface area contributed by atoms with E-state index in [4.69, 9.17) is 0 Å². The molecule has 0 saturated carbocycles. The zero-order chi connectivity index (χ0) is 27.8. The molecule has 2 aromatic carbocycles. The van der Waals surface area contributed by atoms with Crippen molar-refractivity contribution in [2.45, 2.75) is 57.9 Å². The maximum absolute atomic E-state index is 13.3. The second-order valence-electron chi connectivity index (χ2n) is 8.98. The monoisotopic (exact) mass is 535 g/mol. The standard InChI is InChI=1S/C25H34N3O8P/c1-4-15(2)23(26-16(3)29)25(33)27-21(13-17-5-9-19(30)10-6-17)24(32)28-22(37(34,35)36)14-18-7-11-20(31)12-8-18/h5-12,15,21-23,30-31H,4,13-14H2,1-3H3,(H,26,29)(H,27,33)(H,28,32)(H2,34,35,36)/t15-,21-,22-,23-/m0/s1. The van der Waals surface area contributed by atoms with Gasteiger partial charge in [0.2, 0.25) is 17.7 Å². The molecule has 0 aliphatic heterocycles. The molecular weight excluding hydrogens is 501 g/mol. The Bertz CT molecular complexity index is 1120. The zero-order valence-corrected chi connectivity index (χ0v) is 21.8. The van der Waals surface area contributed by atoms with Crippen molar-refractivity contribution in [2.24, 2.45) is 5.92 Å². The summed E-state index contributed by atoms with van der Waals surface area (Å²) < 4.78 is 12.2. The number of hydrogen-bond donors (Lipinski definition) is 7. The minimum Gasteiger partial charge on any atom is -0.508 e. The molecule has 0 aliphatic carbocycles. The number of benzene rings is 2. The van der Waals surface area contributed by atoms with Gasteiger partial charge >= 0.3 is 7.60 Å². The highest BCUT2D eigenvalue weighted by Gasteiger charge is 2.35. The predicted molar refractivity (Wildman–Crippen MR) is 137 cm³/mol. The van der Waals surface area contributed by atoms with Gasteiger partial charge in [-0.2, -0.15) is 0 Å². The van der Waals surface area contributed by atoms with Crippen LogP contribution in [0.15, 0.2) is 48.5 Å². The summed E-state index contributed by atoms with van der Waals surface area (Å²) in [6.07, 6.45) is 0.301. The zero-order valence-electron chi connectivity index (χ0n) is 20.9. The van der Waals surface area contributed by atoms with Crippen molar-refractivity contribution >= 4 is 25.3 Å². The maximum atomic E-state index is 13.3. The van der Waals surface area contributed by atoms with Gasteiger partial charge in [-0.1, -0.05) is 44.5 Å². The molecule has 0 spiro atoms. The van der Waals surface area contributed by atoms with E-state index in [0.717, 1.165) is 0 Å². The first-order chi connectivity index (χ1) is 17.3. The van der Waals surface area contributed by atoms with Gasteiger partial charge in [0.25, 0.3) is 0 Å². The first-order valence-electron chi connectivity index (χ1n) is 11.8. The molecule has 7 N–H and O–H groups in total. The topological polar surface area (TPSA) is 185 Å². The van der Waals surface area contributed by atoms with Crippen molar-refractivity contribution in [1.29, 1.82) is 0 Å². The van der Waals surface area contributed by atoms with E-state index in [1.165, 1.54) is 43.3 Å². The van der Waals surface area contributed by atoms with Crippen LogP contribution in [0.25, 0.3) is 0 Å². The van der Waals surface area contributed by atoms with Crippen LogP contribution in [0.5, 0.6) is 11.5 Å². The molecule has 0 radical (unpaired) electrons. The van der Waals surface area contributed by atoms with Crippen LogP contribution < -0.4 is 16.0 Å². The molecule has 0 aliphatic rings. The predicted octanol–water partition coefficient (Wildman–Crippen LogP) is 1.54. The Kier molecular flexibility index (Phi) is 10.7. The third kappa shape index (κ3) is 9.53. The number of phenols is 2. The van der Waals surface area contributed by atoms with E-state index in [9.17, 15) is 38.9 Å². The summed E-state index contributed by atoms with van der Waals surface area (Å²) in [6, 6.07) is 9.44. The number of phenolic OH excluding ortho intramolecular Hbond substituents is 2. The van der Waals surface area contributed by atoms with Crippen molar-refractivity contribution in [2.75, 3.05) is 0 Å². The number of carbonyl (C=O) groups excluding carboxylic acids is 3. The summed E-state index contributed by atoms with van der Waals surface area (Å²) in [5.41, 5.74) is 1.04. The summed E-state index contributed by atoms with van der Waals surface area (Å²) >= 11 is 0. The lowest BCUT2D eigenvalue weighted by molar-refractivity contribution is -0.132. The van der Waals surface area contributed by atoms with Crippen LogP contribution in [-0.2, 0) is 31.8 Å². The Morgan fingerprint density at radius 2 is 1.30 bits per heavy atom. The number of rotatable bonds is 12. The summed E-state index contributed by atoms with van der Waals surface area (Å²) in [5, 5.41) is 26.6. The van der Waals surface area contributed by atoms with Gasteiger partial charge in [-0.3, -0.25) is 18.9 Å². The van der Waals surface area contributed by atoms with Gasteiger partial charge in [0.05, 0.1) is 0 Å². The van der Waals surface area contributed by atoms with Crippen molar-refractivity contribution < 1.29 is 38.9 Å². The minimum absolute atomic E-state index is 0.00624. The Balaban J connectivity index is 2.32. The van der Waals surface area contributed by atoms with Gasteiger partial charge < -0.3 is 36.0 Å². The van der Waals surface area contributed by atoms with E-state index in [2.05, 4.69) is 16.0 Å². The largest absolute Gasteiger partial charge is 0.508 e. The van der Waals surface area contributed by atoms with E-state index in [1.807, 2.05) is 6.92 Å². The molecule has 37 heavy (non-hydrogen) atoms. The summed E-state index contributed by atoms with van der Waals surface area (Å²) in [7, 11) is -4.83. The van der Waals surface area contributed by atoms with Crippen LogP contribution in [0.4, 0.5) is 0 Å². The van der Waals surface area contributed by atoms with E-state index >= 15 is 0 Å². The lowest BCUT2D eigenvalue weighted by atomic mass is 9.97. The molecular formula is C25H34N3O8P. The lowest BCUT2D eigenvalue weighted by Crippen LogP contribution is -2.57. The quantitative estimate of drug-likeness (QED) is 0.200. The molecule has 2 rings (SSSR count). The van der Waals surface area contributed by atoms with Gasteiger partial charge in [0.1, 0.15) is 29.4 Å². The van der Waals surface area contributed by atoms with E-state index in [-0.39, 0.29) is 30.3 Å². The number of amides is 3. The van der Waals surface area contributed by atoms with Gasteiger partial charge in [0.15, 0.2) is 0 Å². The lowest BCUT2D eigenvalue weighted by Gasteiger charge is -2.28. The average molecular weight is 536 g/mol. The van der Waals surface area contributed by atoms with Crippen molar-refractivity contribution in [3.63, 3.8) is 0 Å². The molecule has 12 heteroatoms. The molecule has 0 fully saturated rings. The molecule has 0 unspecified atom stereocenters. The molecule has 11 nitrogen and oxygen atoms in total. The highest BCUT2D eigenvalue weighted by molar-refractivity contribution is 7.52. The van der Waals surface area contributed by atoms with Crippen LogP contribution in [-0.4, -0.2) is 55.6 Å². The Morgan fingerprint density at radius 1 is 0.811 bits per heavy atom. The smallest absolute Gasteiger partial charge is 0.347 e. The third-order valence-electron chi connectivity index (χ3n) is 5.94. The van der Waals surface area contributed by atoms with E-state index < -0.39 is 43.2 Å². The van der Waals surface area contributed by atoms with Crippen molar-refractivity contribution in [1.82, 2.24) is 16.0 Å². The molecule has 202 valence electrons. The SMILES string of the molecule is CC[C@H](C)[C@H](NC(C)=O)C(=O)N[C@@H](Cc1ccc(O)cc1)C(=O)N[C@H](Cc1ccc(O)cc1)P(=O)(O)O. The molecule has 3 amide bonds. The number of carbonyl (C=O) groups is 3.